The fourth-order valence-corrected chi connectivity index (χ4v) is 1.25. The van der Waals surface area contributed by atoms with Gasteiger partial charge >= 0.3 is 5.97 Å². The summed E-state index contributed by atoms with van der Waals surface area (Å²) in [4.78, 5) is 18.7. The van der Waals surface area contributed by atoms with Crippen molar-refractivity contribution in [2.75, 3.05) is 0 Å². The second kappa shape index (κ2) is 4.91. The van der Waals surface area contributed by atoms with Gasteiger partial charge in [0.1, 0.15) is 11.7 Å². The van der Waals surface area contributed by atoms with E-state index in [0.717, 1.165) is 6.42 Å². The number of hydrogen-bond donors (Lipinski definition) is 1. The summed E-state index contributed by atoms with van der Waals surface area (Å²) in [5, 5.41) is 9.33. The third kappa shape index (κ3) is 2.67. The number of carboxylic acids is 1. The smallest absolute Gasteiger partial charge is 0.314 e. The number of hydrogen-bond acceptors (Lipinski definition) is 3. The summed E-state index contributed by atoms with van der Waals surface area (Å²) in [6, 6.07) is 0. The molecule has 0 fully saturated rings. The highest BCUT2D eigenvalue weighted by atomic mass is 35.5. The van der Waals surface area contributed by atoms with Crippen molar-refractivity contribution in [3.05, 3.63) is 23.2 Å². The molecule has 0 bridgehead atoms. The van der Waals surface area contributed by atoms with Gasteiger partial charge in [0, 0.05) is 12.4 Å². The van der Waals surface area contributed by atoms with E-state index < -0.39 is 11.9 Å². The zero-order valence-electron chi connectivity index (χ0n) is 7.77. The molecule has 4 nitrogen and oxygen atoms in total. The van der Waals surface area contributed by atoms with Gasteiger partial charge in [0.2, 0.25) is 0 Å². The van der Waals surface area contributed by atoms with Gasteiger partial charge in [-0.15, -0.1) is 0 Å². The molecular weight excluding hydrogens is 204 g/mol. The number of aromatic nitrogens is 2. The molecule has 0 saturated carbocycles. The third-order valence-corrected chi connectivity index (χ3v) is 2.02. The molecule has 0 aliphatic rings. The van der Waals surface area contributed by atoms with Gasteiger partial charge in [-0.3, -0.25) is 4.79 Å². The van der Waals surface area contributed by atoms with E-state index >= 15 is 0 Å². The molecule has 0 saturated heterocycles. The summed E-state index contributed by atoms with van der Waals surface area (Å²) < 4.78 is 0. The standard InChI is InChI=1S/C9H11ClN2O2/c1-2-3-7(9(13)14)8-11-4-6(10)5-12-8/h4-5,7H,2-3H2,1H3,(H,13,14). The highest BCUT2D eigenvalue weighted by Gasteiger charge is 2.21. The first-order valence-electron chi connectivity index (χ1n) is 4.35. The molecule has 0 amide bonds. The Labute approximate surface area is 87.0 Å². The minimum absolute atomic E-state index is 0.323. The molecule has 1 unspecified atom stereocenters. The summed E-state index contributed by atoms with van der Waals surface area (Å²) in [5.74, 6) is -1.20. The Morgan fingerprint density at radius 2 is 2.14 bits per heavy atom. The molecule has 1 heterocycles. The van der Waals surface area contributed by atoms with E-state index in [1.165, 1.54) is 12.4 Å². The molecule has 1 N–H and O–H groups in total. The molecule has 76 valence electrons. The highest BCUT2D eigenvalue weighted by Crippen LogP contribution is 2.18. The van der Waals surface area contributed by atoms with Crippen molar-refractivity contribution in [3.63, 3.8) is 0 Å². The number of halogens is 1. The van der Waals surface area contributed by atoms with Crippen LogP contribution in [0, 0.1) is 0 Å². The first-order valence-corrected chi connectivity index (χ1v) is 4.73. The number of carbonyl (C=O) groups is 1. The summed E-state index contributed by atoms with van der Waals surface area (Å²) in [5.41, 5.74) is 0. The minimum atomic E-state index is -0.894. The zero-order valence-corrected chi connectivity index (χ0v) is 8.53. The topological polar surface area (TPSA) is 63.1 Å². The molecule has 1 atom stereocenters. The first kappa shape index (κ1) is 10.9. The summed E-state index contributed by atoms with van der Waals surface area (Å²) in [6.07, 6.45) is 4.14. The Morgan fingerprint density at radius 1 is 1.57 bits per heavy atom. The van der Waals surface area contributed by atoms with Crippen LogP contribution < -0.4 is 0 Å². The Balaban J connectivity index is 2.87. The van der Waals surface area contributed by atoms with Crippen LogP contribution in [0.5, 0.6) is 0 Å². The second-order valence-electron chi connectivity index (χ2n) is 2.94. The molecule has 0 radical (unpaired) electrons. The van der Waals surface area contributed by atoms with E-state index in [0.29, 0.717) is 17.3 Å². The van der Waals surface area contributed by atoms with Gasteiger partial charge in [0.15, 0.2) is 0 Å². The molecule has 1 aromatic heterocycles. The first-order chi connectivity index (χ1) is 6.65. The zero-order chi connectivity index (χ0) is 10.6. The van der Waals surface area contributed by atoms with Crippen molar-refractivity contribution < 1.29 is 9.90 Å². The summed E-state index contributed by atoms with van der Waals surface area (Å²) >= 11 is 5.60. The maximum Gasteiger partial charge on any atom is 0.314 e. The lowest BCUT2D eigenvalue weighted by atomic mass is 10.0. The maximum atomic E-state index is 10.9. The molecule has 0 aliphatic carbocycles. The molecule has 1 aromatic rings. The van der Waals surface area contributed by atoms with E-state index in [9.17, 15) is 4.79 Å². The summed E-state index contributed by atoms with van der Waals surface area (Å²) in [7, 11) is 0. The summed E-state index contributed by atoms with van der Waals surface area (Å²) in [6.45, 7) is 1.92. The SMILES string of the molecule is CCCC(C(=O)O)c1ncc(Cl)cn1. The van der Waals surface area contributed by atoms with Crippen LogP contribution in [-0.4, -0.2) is 21.0 Å². The van der Waals surface area contributed by atoms with E-state index in [1.807, 2.05) is 6.92 Å². The molecule has 14 heavy (non-hydrogen) atoms. The average Bonchev–Trinajstić information content (AvgIpc) is 2.15. The second-order valence-corrected chi connectivity index (χ2v) is 3.38. The van der Waals surface area contributed by atoms with Crippen LogP contribution >= 0.6 is 11.6 Å². The number of rotatable bonds is 4. The Morgan fingerprint density at radius 3 is 2.57 bits per heavy atom. The van der Waals surface area contributed by atoms with Crippen LogP contribution in [-0.2, 0) is 4.79 Å². The van der Waals surface area contributed by atoms with Crippen molar-refractivity contribution in [3.8, 4) is 0 Å². The predicted molar refractivity (Wildman–Crippen MR) is 52.3 cm³/mol. The van der Waals surface area contributed by atoms with Crippen LogP contribution in [0.15, 0.2) is 12.4 Å². The van der Waals surface area contributed by atoms with Crippen molar-refractivity contribution in [2.24, 2.45) is 0 Å². The predicted octanol–water partition coefficient (Wildman–Crippen LogP) is 2.10. The van der Waals surface area contributed by atoms with E-state index in [2.05, 4.69) is 9.97 Å². The van der Waals surface area contributed by atoms with Crippen molar-refractivity contribution in [1.29, 1.82) is 0 Å². The van der Waals surface area contributed by atoms with Gasteiger partial charge in [-0.2, -0.15) is 0 Å². The third-order valence-electron chi connectivity index (χ3n) is 1.83. The quantitative estimate of drug-likeness (QED) is 0.834. The van der Waals surface area contributed by atoms with Crippen LogP contribution in [0.25, 0.3) is 0 Å². The monoisotopic (exact) mass is 214 g/mol. The van der Waals surface area contributed by atoms with Crippen molar-refractivity contribution in [2.45, 2.75) is 25.7 Å². The van der Waals surface area contributed by atoms with Gasteiger partial charge in [0.05, 0.1) is 5.02 Å². The minimum Gasteiger partial charge on any atom is -0.481 e. The van der Waals surface area contributed by atoms with E-state index in [4.69, 9.17) is 16.7 Å². The van der Waals surface area contributed by atoms with Gasteiger partial charge < -0.3 is 5.11 Å². The van der Waals surface area contributed by atoms with Gasteiger partial charge in [0.25, 0.3) is 0 Å². The Hall–Kier alpha value is -1.16. The number of carboxylic acid groups (broad SMARTS) is 1. The van der Waals surface area contributed by atoms with Crippen LogP contribution in [0.4, 0.5) is 0 Å². The average molecular weight is 215 g/mol. The highest BCUT2D eigenvalue weighted by molar-refractivity contribution is 6.30. The lowest BCUT2D eigenvalue weighted by Gasteiger charge is -2.08. The molecule has 0 spiro atoms. The number of nitrogens with zero attached hydrogens (tertiary/aromatic N) is 2. The van der Waals surface area contributed by atoms with E-state index in [-0.39, 0.29) is 0 Å². The van der Waals surface area contributed by atoms with Crippen molar-refractivity contribution >= 4 is 17.6 Å². The van der Waals surface area contributed by atoms with Crippen LogP contribution in [0.3, 0.4) is 0 Å². The number of aliphatic carboxylic acids is 1. The molecule has 5 heteroatoms. The molecular formula is C9H11ClN2O2. The Bertz CT molecular complexity index is 313. The molecule has 1 rings (SSSR count). The van der Waals surface area contributed by atoms with Gasteiger partial charge in [-0.05, 0) is 6.42 Å². The van der Waals surface area contributed by atoms with E-state index in [1.54, 1.807) is 0 Å². The fourth-order valence-electron chi connectivity index (χ4n) is 1.15. The van der Waals surface area contributed by atoms with Crippen LogP contribution in [0.1, 0.15) is 31.5 Å². The molecule has 0 aromatic carbocycles. The largest absolute Gasteiger partial charge is 0.481 e. The normalized spacial score (nSPS) is 12.4. The Kier molecular flexibility index (Phi) is 3.83. The van der Waals surface area contributed by atoms with Crippen LogP contribution in [0.2, 0.25) is 5.02 Å². The maximum absolute atomic E-state index is 10.9. The van der Waals surface area contributed by atoms with Gasteiger partial charge in [-0.1, -0.05) is 24.9 Å². The molecule has 0 aliphatic heterocycles. The van der Waals surface area contributed by atoms with Crippen molar-refractivity contribution in [1.82, 2.24) is 9.97 Å². The lowest BCUT2D eigenvalue weighted by molar-refractivity contribution is -0.139. The van der Waals surface area contributed by atoms with Gasteiger partial charge in [-0.25, -0.2) is 9.97 Å². The fraction of sp³-hybridized carbons (Fsp3) is 0.444. The lowest BCUT2D eigenvalue weighted by Crippen LogP contribution is -2.14.